The third-order valence-corrected chi connectivity index (χ3v) is 3.85. The first-order chi connectivity index (χ1) is 10.5. The number of hydrogen-bond donors (Lipinski definition) is 3. The predicted molar refractivity (Wildman–Crippen MR) is 84.2 cm³/mol. The Bertz CT molecular complexity index is 642. The highest BCUT2D eigenvalue weighted by Crippen LogP contribution is 2.35. The van der Waals surface area contributed by atoms with Crippen LogP contribution in [0.5, 0.6) is 5.75 Å². The van der Waals surface area contributed by atoms with E-state index in [-0.39, 0.29) is 5.75 Å². The lowest BCUT2D eigenvalue weighted by molar-refractivity contribution is -0.136. The number of phenolic OH excluding ortho intramolecular Hbond substituents is 1. The zero-order chi connectivity index (χ0) is 16.3. The molecule has 2 amide bonds. The molecule has 0 aromatic heterocycles. The van der Waals surface area contributed by atoms with Crippen LogP contribution in [-0.2, 0) is 9.53 Å². The molecule has 0 radical (unpaired) electrons. The number of methoxy groups -OCH3 is 1. The smallest absolute Gasteiger partial charge is 0.337 e. The van der Waals surface area contributed by atoms with Crippen molar-refractivity contribution >= 4 is 27.9 Å². The molecule has 1 aromatic rings. The number of allylic oxidation sites excluding steroid dienone is 1. The summed E-state index contributed by atoms with van der Waals surface area (Å²) < 4.78 is 5.57. The van der Waals surface area contributed by atoms with Crippen molar-refractivity contribution in [3.63, 3.8) is 0 Å². The van der Waals surface area contributed by atoms with Crippen LogP contribution < -0.4 is 10.6 Å². The molecule has 0 bridgehead atoms. The van der Waals surface area contributed by atoms with Crippen molar-refractivity contribution in [2.45, 2.75) is 25.8 Å². The van der Waals surface area contributed by atoms with Gasteiger partial charge in [-0.25, -0.2) is 9.59 Å². The van der Waals surface area contributed by atoms with Crippen LogP contribution in [0, 0.1) is 0 Å². The number of nitrogens with one attached hydrogen (secondary N) is 2. The minimum absolute atomic E-state index is 0.00680. The number of amides is 2. The van der Waals surface area contributed by atoms with E-state index in [1.807, 2.05) is 6.92 Å². The number of urea groups is 1. The average Bonchev–Trinajstić information content (AvgIpc) is 2.48. The van der Waals surface area contributed by atoms with E-state index in [4.69, 9.17) is 4.74 Å². The minimum atomic E-state index is -0.764. The number of benzene rings is 1. The quantitative estimate of drug-likeness (QED) is 0.713. The fraction of sp³-hybridized carbons (Fsp3) is 0.333. The van der Waals surface area contributed by atoms with Crippen LogP contribution in [0.4, 0.5) is 4.79 Å². The number of hydrogen-bond acceptors (Lipinski definition) is 4. The van der Waals surface area contributed by atoms with E-state index in [0.29, 0.717) is 23.3 Å². The molecule has 0 saturated carbocycles. The fourth-order valence-electron chi connectivity index (χ4n) is 2.41. The fourth-order valence-corrected chi connectivity index (χ4v) is 2.78. The van der Waals surface area contributed by atoms with Gasteiger partial charge >= 0.3 is 12.0 Å². The van der Waals surface area contributed by atoms with Crippen LogP contribution in [0.3, 0.4) is 0 Å². The summed E-state index contributed by atoms with van der Waals surface area (Å²) in [5.41, 5.74) is 1.25. The van der Waals surface area contributed by atoms with Crippen molar-refractivity contribution in [3.05, 3.63) is 39.5 Å². The number of halogens is 1. The molecular weight excluding hydrogens is 352 g/mol. The number of esters is 1. The summed E-state index contributed by atoms with van der Waals surface area (Å²) in [4.78, 5) is 24.1. The van der Waals surface area contributed by atoms with Crippen LogP contribution in [0.1, 0.15) is 31.4 Å². The van der Waals surface area contributed by atoms with E-state index in [1.165, 1.54) is 13.2 Å². The van der Waals surface area contributed by atoms with E-state index >= 15 is 0 Å². The van der Waals surface area contributed by atoms with Gasteiger partial charge in [-0.05, 0) is 24.6 Å². The highest BCUT2D eigenvalue weighted by atomic mass is 79.9. The predicted octanol–water partition coefficient (Wildman–Crippen LogP) is 2.74. The van der Waals surface area contributed by atoms with Crippen LogP contribution in [-0.4, -0.2) is 24.2 Å². The van der Waals surface area contributed by atoms with Crippen molar-refractivity contribution < 1.29 is 19.4 Å². The summed E-state index contributed by atoms with van der Waals surface area (Å²) in [6.07, 6.45) is 1.29. The number of ether oxygens (including phenoxy) is 1. The molecule has 0 spiro atoms. The molecule has 1 heterocycles. The lowest BCUT2D eigenvalue weighted by Crippen LogP contribution is -2.45. The van der Waals surface area contributed by atoms with Crippen molar-refractivity contribution in [1.82, 2.24) is 10.6 Å². The van der Waals surface area contributed by atoms with Gasteiger partial charge in [0.15, 0.2) is 0 Å². The standard InChI is InChI=1S/C15H17BrN2O4/c1-3-4-10-12(14(20)22-2)13(18-15(21)17-10)9-7-8(16)5-6-11(9)19/h5-7,13,19H,3-4H2,1-2H3,(H2,17,18,21). The first-order valence-corrected chi connectivity index (χ1v) is 7.64. The topological polar surface area (TPSA) is 87.7 Å². The third kappa shape index (κ3) is 3.24. The Hall–Kier alpha value is -2.02. The lowest BCUT2D eigenvalue weighted by Gasteiger charge is -2.29. The van der Waals surface area contributed by atoms with Crippen molar-refractivity contribution in [3.8, 4) is 5.75 Å². The van der Waals surface area contributed by atoms with Crippen LogP contribution in [0.15, 0.2) is 33.9 Å². The highest BCUT2D eigenvalue weighted by Gasteiger charge is 2.34. The molecule has 1 atom stereocenters. The molecule has 7 heteroatoms. The Morgan fingerprint density at radius 3 is 2.82 bits per heavy atom. The van der Waals surface area contributed by atoms with Gasteiger partial charge in [0.2, 0.25) is 0 Å². The zero-order valence-electron chi connectivity index (χ0n) is 12.3. The van der Waals surface area contributed by atoms with Crippen molar-refractivity contribution in [2.24, 2.45) is 0 Å². The number of carbonyl (C=O) groups is 2. The Labute approximate surface area is 136 Å². The second kappa shape index (κ2) is 6.83. The Morgan fingerprint density at radius 2 is 2.18 bits per heavy atom. The molecule has 0 saturated heterocycles. The minimum Gasteiger partial charge on any atom is -0.508 e. The molecule has 1 aliphatic heterocycles. The molecule has 1 aromatic carbocycles. The molecular formula is C15H17BrN2O4. The van der Waals surface area contributed by atoms with Gasteiger partial charge in [-0.1, -0.05) is 29.3 Å². The summed E-state index contributed by atoms with van der Waals surface area (Å²) >= 11 is 3.33. The van der Waals surface area contributed by atoms with Crippen LogP contribution in [0.2, 0.25) is 0 Å². The average molecular weight is 369 g/mol. The molecule has 0 fully saturated rings. The van der Waals surface area contributed by atoms with E-state index in [2.05, 4.69) is 26.6 Å². The lowest BCUT2D eigenvalue weighted by atomic mass is 9.93. The van der Waals surface area contributed by atoms with E-state index in [9.17, 15) is 14.7 Å². The molecule has 6 nitrogen and oxygen atoms in total. The van der Waals surface area contributed by atoms with E-state index < -0.39 is 18.0 Å². The monoisotopic (exact) mass is 368 g/mol. The maximum absolute atomic E-state index is 12.2. The summed E-state index contributed by atoms with van der Waals surface area (Å²) in [5, 5.41) is 15.4. The molecule has 1 unspecified atom stereocenters. The molecule has 118 valence electrons. The molecule has 3 N–H and O–H groups in total. The third-order valence-electron chi connectivity index (χ3n) is 3.36. The van der Waals surface area contributed by atoms with Crippen LogP contribution >= 0.6 is 15.9 Å². The van der Waals surface area contributed by atoms with Gasteiger partial charge in [0, 0.05) is 15.7 Å². The van der Waals surface area contributed by atoms with Gasteiger partial charge < -0.3 is 20.5 Å². The molecule has 2 rings (SSSR count). The molecule has 0 aliphatic carbocycles. The SMILES string of the molecule is CCCC1=C(C(=O)OC)C(c2cc(Br)ccc2O)NC(=O)N1. The zero-order valence-corrected chi connectivity index (χ0v) is 13.9. The Kier molecular flexibility index (Phi) is 5.07. The van der Waals surface area contributed by atoms with E-state index in [1.54, 1.807) is 12.1 Å². The number of aromatic hydroxyl groups is 1. The Balaban J connectivity index is 2.59. The molecule has 1 aliphatic rings. The van der Waals surface area contributed by atoms with Gasteiger partial charge in [-0.2, -0.15) is 0 Å². The second-order valence-electron chi connectivity index (χ2n) is 4.87. The molecule has 22 heavy (non-hydrogen) atoms. The van der Waals surface area contributed by atoms with Crippen molar-refractivity contribution in [2.75, 3.05) is 7.11 Å². The number of rotatable bonds is 4. The Morgan fingerprint density at radius 1 is 1.45 bits per heavy atom. The summed E-state index contributed by atoms with van der Waals surface area (Å²) in [5.74, 6) is -0.548. The number of carbonyl (C=O) groups excluding carboxylic acids is 2. The first-order valence-electron chi connectivity index (χ1n) is 6.85. The van der Waals surface area contributed by atoms with E-state index in [0.717, 1.165) is 10.9 Å². The normalized spacial score (nSPS) is 17.8. The summed E-state index contributed by atoms with van der Waals surface area (Å²) in [6.45, 7) is 1.95. The summed E-state index contributed by atoms with van der Waals surface area (Å²) in [7, 11) is 1.28. The maximum Gasteiger partial charge on any atom is 0.337 e. The van der Waals surface area contributed by atoms with Gasteiger partial charge in [-0.15, -0.1) is 0 Å². The van der Waals surface area contributed by atoms with Gasteiger partial charge in [-0.3, -0.25) is 0 Å². The summed E-state index contributed by atoms with van der Waals surface area (Å²) in [6, 6.07) is 3.66. The van der Waals surface area contributed by atoms with Gasteiger partial charge in [0.1, 0.15) is 5.75 Å². The largest absolute Gasteiger partial charge is 0.508 e. The van der Waals surface area contributed by atoms with Crippen LogP contribution in [0.25, 0.3) is 0 Å². The maximum atomic E-state index is 12.2. The second-order valence-corrected chi connectivity index (χ2v) is 5.78. The van der Waals surface area contributed by atoms with Crippen molar-refractivity contribution in [1.29, 1.82) is 0 Å². The van der Waals surface area contributed by atoms with Gasteiger partial charge in [0.25, 0.3) is 0 Å². The first kappa shape index (κ1) is 16.4. The van der Waals surface area contributed by atoms with Gasteiger partial charge in [0.05, 0.1) is 18.7 Å². The number of phenols is 1. The highest BCUT2D eigenvalue weighted by molar-refractivity contribution is 9.10.